The number of para-hydroxylation sites is 1. The number of piperidine rings is 1. The number of nitrogens with zero attached hydrogens (tertiary/aromatic N) is 1. The molecule has 216 valence electrons. The molecule has 2 amide bonds. The van der Waals surface area contributed by atoms with E-state index in [1.807, 2.05) is 6.07 Å². The van der Waals surface area contributed by atoms with Gasteiger partial charge in [0.25, 0.3) is 21.8 Å². The van der Waals surface area contributed by atoms with Gasteiger partial charge in [-0.15, -0.1) is 0 Å². The molecule has 1 heterocycles. The first kappa shape index (κ1) is 29.4. The molecule has 42 heavy (non-hydrogen) atoms. The molecule has 0 saturated carbocycles. The molecule has 0 unspecified atom stereocenters. The lowest BCUT2D eigenvalue weighted by Crippen LogP contribution is -2.46. The highest BCUT2D eigenvalue weighted by Crippen LogP contribution is 2.30. The van der Waals surface area contributed by atoms with E-state index < -0.39 is 10.0 Å². The van der Waals surface area contributed by atoms with Crippen LogP contribution in [-0.4, -0.2) is 44.3 Å². The van der Waals surface area contributed by atoms with Crippen LogP contribution in [-0.2, 0) is 10.0 Å². The second-order valence-corrected chi connectivity index (χ2v) is 12.2. The van der Waals surface area contributed by atoms with E-state index in [2.05, 4.69) is 10.0 Å². The Labute approximate surface area is 254 Å². The molecule has 0 spiro atoms. The maximum atomic E-state index is 13.5. The highest BCUT2D eigenvalue weighted by atomic mass is 35.5. The third-order valence-electron chi connectivity index (χ3n) is 6.81. The fourth-order valence-corrected chi connectivity index (χ4v) is 6.01. The molecule has 4 aromatic rings. The standard InChI is InChI=1S/C31H27Cl2N3O5S/c32-22-10-15-28(35-42(39,40)25-13-11-24(12-14-25)41-29-9-5-4-8-27(29)33)26(20-22)31(38)36-18-16-23(17-19-36)34-30(37)21-6-2-1-3-7-21/h1-15,20,23,35H,16-19H2,(H,34,37). The number of carbonyl (C=O) groups is 2. The van der Waals surface area contributed by atoms with E-state index in [4.69, 9.17) is 27.9 Å². The normalized spacial score (nSPS) is 13.8. The fraction of sp³-hybridized carbons (Fsp3) is 0.161. The van der Waals surface area contributed by atoms with Gasteiger partial charge in [-0.05, 0) is 79.6 Å². The van der Waals surface area contributed by atoms with E-state index in [9.17, 15) is 18.0 Å². The highest BCUT2D eigenvalue weighted by Gasteiger charge is 2.27. The first-order valence-electron chi connectivity index (χ1n) is 13.2. The van der Waals surface area contributed by atoms with Gasteiger partial charge in [0, 0.05) is 29.7 Å². The van der Waals surface area contributed by atoms with Crippen molar-refractivity contribution in [3.63, 3.8) is 0 Å². The predicted octanol–water partition coefficient (Wildman–Crippen LogP) is 6.62. The summed E-state index contributed by atoms with van der Waals surface area (Å²) in [6.45, 7) is 0.786. The Morgan fingerprint density at radius 1 is 0.833 bits per heavy atom. The Bertz CT molecular complexity index is 1690. The van der Waals surface area contributed by atoms with Crippen molar-refractivity contribution in [1.29, 1.82) is 0 Å². The Kier molecular flexibility index (Phi) is 9.01. The number of hydrogen-bond donors (Lipinski definition) is 2. The Hall–Kier alpha value is -4.05. The fourth-order valence-electron chi connectivity index (χ4n) is 4.58. The number of likely N-dealkylation sites (tertiary alicyclic amines) is 1. The Morgan fingerprint density at radius 2 is 1.50 bits per heavy atom. The number of amides is 2. The number of ether oxygens (including phenoxy) is 1. The summed E-state index contributed by atoms with van der Waals surface area (Å²) in [4.78, 5) is 27.6. The average molecular weight is 625 g/mol. The van der Waals surface area contributed by atoms with Gasteiger partial charge in [-0.25, -0.2) is 8.42 Å². The highest BCUT2D eigenvalue weighted by molar-refractivity contribution is 7.92. The molecule has 5 rings (SSSR count). The molecule has 0 bridgehead atoms. The van der Waals surface area contributed by atoms with Crippen LogP contribution in [0, 0.1) is 0 Å². The zero-order chi connectivity index (χ0) is 29.7. The molecular weight excluding hydrogens is 597 g/mol. The van der Waals surface area contributed by atoms with Crippen LogP contribution in [0.2, 0.25) is 10.0 Å². The average Bonchev–Trinajstić information content (AvgIpc) is 3.00. The van der Waals surface area contributed by atoms with Gasteiger partial charge < -0.3 is 15.0 Å². The van der Waals surface area contributed by atoms with Crippen molar-refractivity contribution in [2.75, 3.05) is 17.8 Å². The van der Waals surface area contributed by atoms with Crippen LogP contribution < -0.4 is 14.8 Å². The van der Waals surface area contributed by atoms with E-state index in [0.29, 0.717) is 53.0 Å². The zero-order valence-electron chi connectivity index (χ0n) is 22.3. The first-order chi connectivity index (χ1) is 20.2. The summed E-state index contributed by atoms with van der Waals surface area (Å²) in [5.74, 6) is 0.342. The quantitative estimate of drug-likeness (QED) is 0.229. The van der Waals surface area contributed by atoms with Gasteiger partial charge in [0.1, 0.15) is 11.5 Å². The Morgan fingerprint density at radius 3 is 2.19 bits per heavy atom. The SMILES string of the molecule is O=C(NC1CCN(C(=O)c2cc(Cl)ccc2NS(=O)(=O)c2ccc(Oc3ccccc3Cl)cc2)CC1)c1ccccc1. The molecule has 2 N–H and O–H groups in total. The predicted molar refractivity (Wildman–Crippen MR) is 163 cm³/mol. The second kappa shape index (κ2) is 12.9. The molecule has 0 radical (unpaired) electrons. The van der Waals surface area contributed by atoms with Gasteiger partial charge in [-0.1, -0.05) is 53.5 Å². The lowest BCUT2D eigenvalue weighted by atomic mass is 10.0. The van der Waals surface area contributed by atoms with Crippen molar-refractivity contribution < 1.29 is 22.7 Å². The van der Waals surface area contributed by atoms with Gasteiger partial charge in [-0.2, -0.15) is 0 Å². The maximum Gasteiger partial charge on any atom is 0.261 e. The van der Waals surface area contributed by atoms with Gasteiger partial charge in [0.05, 0.1) is 21.2 Å². The van der Waals surface area contributed by atoms with E-state index in [1.54, 1.807) is 53.4 Å². The minimum Gasteiger partial charge on any atom is -0.456 e. The molecule has 11 heteroatoms. The first-order valence-corrected chi connectivity index (χ1v) is 15.4. The number of nitrogens with one attached hydrogen (secondary N) is 2. The molecular formula is C31H27Cl2N3O5S. The van der Waals surface area contributed by atoms with Gasteiger partial charge in [0.2, 0.25) is 0 Å². The number of halogens is 2. The van der Waals surface area contributed by atoms with Crippen LogP contribution in [0.4, 0.5) is 5.69 Å². The Balaban J connectivity index is 1.25. The summed E-state index contributed by atoms with van der Waals surface area (Å²) in [6.07, 6.45) is 1.13. The maximum absolute atomic E-state index is 13.5. The second-order valence-electron chi connectivity index (χ2n) is 9.71. The van der Waals surface area contributed by atoms with Crippen LogP contribution in [0.1, 0.15) is 33.6 Å². The van der Waals surface area contributed by atoms with E-state index in [1.165, 1.54) is 42.5 Å². The van der Waals surface area contributed by atoms with Crippen LogP contribution in [0.3, 0.4) is 0 Å². The van der Waals surface area contributed by atoms with Crippen molar-refractivity contribution in [3.8, 4) is 11.5 Å². The molecule has 1 fully saturated rings. The minimum absolute atomic E-state index is 0.0164. The van der Waals surface area contributed by atoms with Gasteiger partial charge >= 0.3 is 0 Å². The van der Waals surface area contributed by atoms with E-state index >= 15 is 0 Å². The number of hydrogen-bond acceptors (Lipinski definition) is 5. The summed E-state index contributed by atoms with van der Waals surface area (Å²) < 4.78 is 34.8. The summed E-state index contributed by atoms with van der Waals surface area (Å²) in [5, 5.41) is 3.75. The molecule has 1 aliphatic heterocycles. The minimum atomic E-state index is -4.05. The number of sulfonamides is 1. The zero-order valence-corrected chi connectivity index (χ0v) is 24.6. The van der Waals surface area contributed by atoms with Crippen molar-refractivity contribution in [2.45, 2.75) is 23.8 Å². The van der Waals surface area contributed by atoms with E-state index in [0.717, 1.165) is 0 Å². The number of carbonyl (C=O) groups excluding carboxylic acids is 2. The third-order valence-corrected chi connectivity index (χ3v) is 8.74. The van der Waals surface area contributed by atoms with Gasteiger partial charge in [-0.3, -0.25) is 14.3 Å². The molecule has 1 saturated heterocycles. The summed E-state index contributed by atoms with van der Waals surface area (Å²) >= 11 is 12.3. The number of benzene rings is 4. The van der Waals surface area contributed by atoms with Gasteiger partial charge in [0.15, 0.2) is 0 Å². The molecule has 0 atom stereocenters. The molecule has 0 aliphatic carbocycles. The lowest BCUT2D eigenvalue weighted by molar-refractivity contribution is 0.0699. The van der Waals surface area contributed by atoms with Crippen LogP contribution >= 0.6 is 23.2 Å². The molecule has 4 aromatic carbocycles. The van der Waals surface area contributed by atoms with Crippen molar-refractivity contribution >= 4 is 50.7 Å². The van der Waals surface area contributed by atoms with Crippen molar-refractivity contribution in [2.24, 2.45) is 0 Å². The van der Waals surface area contributed by atoms with E-state index in [-0.39, 0.29) is 34.0 Å². The van der Waals surface area contributed by atoms with Crippen LogP contribution in [0.15, 0.2) is 102 Å². The molecule has 1 aliphatic rings. The summed E-state index contributed by atoms with van der Waals surface area (Å²) in [5.41, 5.74) is 0.825. The topological polar surface area (TPSA) is 105 Å². The molecule has 8 nitrogen and oxygen atoms in total. The van der Waals surface area contributed by atoms with Crippen molar-refractivity contribution in [1.82, 2.24) is 10.2 Å². The molecule has 0 aromatic heterocycles. The largest absolute Gasteiger partial charge is 0.456 e. The van der Waals surface area contributed by atoms with Crippen LogP contribution in [0.25, 0.3) is 0 Å². The third kappa shape index (κ3) is 7.05. The van der Waals surface area contributed by atoms with Crippen molar-refractivity contribution in [3.05, 3.63) is 118 Å². The lowest BCUT2D eigenvalue weighted by Gasteiger charge is -2.33. The monoisotopic (exact) mass is 623 g/mol. The summed E-state index contributed by atoms with van der Waals surface area (Å²) in [7, 11) is -4.05. The summed E-state index contributed by atoms with van der Waals surface area (Å²) in [6, 6.07) is 26.1. The number of rotatable bonds is 8. The smallest absolute Gasteiger partial charge is 0.261 e. The van der Waals surface area contributed by atoms with Crippen LogP contribution in [0.5, 0.6) is 11.5 Å². The number of anilines is 1.